The van der Waals surface area contributed by atoms with Gasteiger partial charge in [0.1, 0.15) is 0 Å². The van der Waals surface area contributed by atoms with Crippen molar-refractivity contribution in [3.8, 4) is 0 Å². The maximum absolute atomic E-state index is 11.5. The van der Waals surface area contributed by atoms with E-state index in [0.717, 1.165) is 16.7 Å². The highest BCUT2D eigenvalue weighted by Gasteiger charge is 2.35. The van der Waals surface area contributed by atoms with Crippen molar-refractivity contribution < 1.29 is 5.11 Å². The predicted molar refractivity (Wildman–Crippen MR) is 98.6 cm³/mol. The molecule has 0 fully saturated rings. The Labute approximate surface area is 143 Å². The lowest BCUT2D eigenvalue weighted by atomic mass is 9.79. The molecule has 0 bridgehead atoms. The van der Waals surface area contributed by atoms with Gasteiger partial charge in [0.2, 0.25) is 0 Å². The van der Waals surface area contributed by atoms with Crippen LogP contribution in [-0.2, 0) is 12.8 Å². The molecule has 0 aromatic heterocycles. The molecule has 0 aliphatic carbocycles. The summed E-state index contributed by atoms with van der Waals surface area (Å²) in [5.74, 6) is 0. The average molecular weight is 317 g/mol. The molecule has 0 saturated carbocycles. The zero-order chi connectivity index (χ0) is 16.8. The van der Waals surface area contributed by atoms with Crippen molar-refractivity contribution in [2.45, 2.75) is 24.5 Å². The second kappa shape index (κ2) is 7.43. The van der Waals surface area contributed by atoms with Crippen LogP contribution in [0, 0.1) is 0 Å². The van der Waals surface area contributed by atoms with Crippen molar-refractivity contribution in [2.24, 2.45) is 5.73 Å². The van der Waals surface area contributed by atoms with Crippen LogP contribution in [0.15, 0.2) is 91.0 Å². The van der Waals surface area contributed by atoms with Crippen LogP contribution in [0.2, 0.25) is 0 Å². The van der Waals surface area contributed by atoms with Gasteiger partial charge < -0.3 is 10.8 Å². The van der Waals surface area contributed by atoms with Gasteiger partial charge in [0.15, 0.2) is 0 Å². The van der Waals surface area contributed by atoms with E-state index in [1.165, 1.54) is 0 Å². The Morgan fingerprint density at radius 3 is 1.46 bits per heavy atom. The van der Waals surface area contributed by atoms with Crippen LogP contribution in [0.1, 0.15) is 22.7 Å². The standard InChI is InChI=1S/C22H23NO/c23-21(20-14-8-3-9-15-20)22(24,16-18-10-4-1-5-11-18)17-19-12-6-2-7-13-19/h1-15,21,24H,16-17,23H2/t21-/m1/s1. The van der Waals surface area contributed by atoms with Crippen LogP contribution in [0.25, 0.3) is 0 Å². The normalized spacial score (nSPS) is 12.8. The van der Waals surface area contributed by atoms with Crippen LogP contribution in [0.5, 0.6) is 0 Å². The number of rotatable bonds is 6. The van der Waals surface area contributed by atoms with Gasteiger partial charge in [-0.3, -0.25) is 0 Å². The Bertz CT molecular complexity index is 699. The maximum Gasteiger partial charge on any atom is 0.0919 e. The van der Waals surface area contributed by atoms with E-state index in [0.29, 0.717) is 12.8 Å². The van der Waals surface area contributed by atoms with E-state index in [2.05, 4.69) is 0 Å². The second-order valence-electron chi connectivity index (χ2n) is 6.32. The van der Waals surface area contributed by atoms with Gasteiger partial charge in [-0.25, -0.2) is 0 Å². The summed E-state index contributed by atoms with van der Waals surface area (Å²) in [5, 5.41) is 11.5. The largest absolute Gasteiger partial charge is 0.387 e. The lowest BCUT2D eigenvalue weighted by molar-refractivity contribution is 0.0136. The molecule has 2 nitrogen and oxygen atoms in total. The highest BCUT2D eigenvalue weighted by molar-refractivity contribution is 5.28. The number of nitrogens with two attached hydrogens (primary N) is 1. The lowest BCUT2D eigenvalue weighted by Gasteiger charge is -2.35. The molecule has 0 radical (unpaired) electrons. The molecule has 0 saturated heterocycles. The third-order valence-electron chi connectivity index (χ3n) is 4.44. The van der Waals surface area contributed by atoms with Crippen LogP contribution in [-0.4, -0.2) is 10.7 Å². The number of benzene rings is 3. The molecule has 3 aromatic rings. The Morgan fingerprint density at radius 1 is 0.667 bits per heavy atom. The van der Waals surface area contributed by atoms with E-state index in [9.17, 15) is 5.11 Å². The molecule has 0 heterocycles. The van der Waals surface area contributed by atoms with Gasteiger partial charge in [-0.1, -0.05) is 91.0 Å². The maximum atomic E-state index is 11.5. The first kappa shape index (κ1) is 16.4. The van der Waals surface area contributed by atoms with Crippen LogP contribution >= 0.6 is 0 Å². The topological polar surface area (TPSA) is 46.2 Å². The molecule has 1 atom stereocenters. The predicted octanol–water partition coefficient (Wildman–Crippen LogP) is 3.90. The van der Waals surface area contributed by atoms with Crippen molar-refractivity contribution in [1.29, 1.82) is 0 Å². The fraction of sp³-hybridized carbons (Fsp3) is 0.182. The zero-order valence-electron chi connectivity index (χ0n) is 13.7. The highest BCUT2D eigenvalue weighted by Crippen LogP contribution is 2.31. The van der Waals surface area contributed by atoms with E-state index in [-0.39, 0.29) is 0 Å². The Kier molecular flexibility index (Phi) is 5.09. The van der Waals surface area contributed by atoms with Crippen molar-refractivity contribution in [2.75, 3.05) is 0 Å². The lowest BCUT2D eigenvalue weighted by Crippen LogP contribution is -2.45. The molecule has 24 heavy (non-hydrogen) atoms. The smallest absolute Gasteiger partial charge is 0.0919 e. The van der Waals surface area contributed by atoms with E-state index in [1.54, 1.807) is 0 Å². The van der Waals surface area contributed by atoms with Gasteiger partial charge in [0.25, 0.3) is 0 Å². The molecular weight excluding hydrogens is 294 g/mol. The molecule has 0 spiro atoms. The fourth-order valence-electron chi connectivity index (χ4n) is 3.15. The zero-order valence-corrected chi connectivity index (χ0v) is 13.7. The molecule has 0 unspecified atom stereocenters. The minimum atomic E-state index is -1.05. The number of hydrogen-bond acceptors (Lipinski definition) is 2. The monoisotopic (exact) mass is 317 g/mol. The molecule has 0 amide bonds. The van der Waals surface area contributed by atoms with Gasteiger partial charge in [-0.05, 0) is 16.7 Å². The van der Waals surface area contributed by atoms with Crippen molar-refractivity contribution in [3.63, 3.8) is 0 Å². The summed E-state index contributed by atoms with van der Waals surface area (Å²) in [5.41, 5.74) is 8.59. The minimum absolute atomic E-state index is 0.459. The summed E-state index contributed by atoms with van der Waals surface area (Å²) in [6.45, 7) is 0. The Balaban J connectivity index is 1.93. The summed E-state index contributed by atoms with van der Waals surface area (Å²) in [6, 6.07) is 29.5. The molecule has 2 heteroatoms. The summed E-state index contributed by atoms with van der Waals surface area (Å²) < 4.78 is 0. The highest BCUT2D eigenvalue weighted by atomic mass is 16.3. The third kappa shape index (κ3) is 3.91. The van der Waals surface area contributed by atoms with Gasteiger partial charge in [0.05, 0.1) is 11.6 Å². The number of aliphatic hydroxyl groups is 1. The molecule has 3 N–H and O–H groups in total. The number of hydrogen-bond donors (Lipinski definition) is 2. The van der Waals surface area contributed by atoms with Crippen molar-refractivity contribution >= 4 is 0 Å². The van der Waals surface area contributed by atoms with Crippen molar-refractivity contribution in [1.82, 2.24) is 0 Å². The van der Waals surface area contributed by atoms with Gasteiger partial charge in [0, 0.05) is 12.8 Å². The molecule has 0 aliphatic heterocycles. The van der Waals surface area contributed by atoms with E-state index < -0.39 is 11.6 Å². The summed E-state index contributed by atoms with van der Waals surface area (Å²) in [7, 11) is 0. The summed E-state index contributed by atoms with van der Waals surface area (Å²) >= 11 is 0. The third-order valence-corrected chi connectivity index (χ3v) is 4.44. The molecule has 3 rings (SSSR count). The summed E-state index contributed by atoms with van der Waals surface area (Å²) in [4.78, 5) is 0. The van der Waals surface area contributed by atoms with E-state index >= 15 is 0 Å². The van der Waals surface area contributed by atoms with E-state index in [1.807, 2.05) is 91.0 Å². The van der Waals surface area contributed by atoms with Crippen LogP contribution in [0.3, 0.4) is 0 Å². The Morgan fingerprint density at radius 2 is 1.04 bits per heavy atom. The minimum Gasteiger partial charge on any atom is -0.387 e. The van der Waals surface area contributed by atoms with Gasteiger partial charge in [-0.2, -0.15) is 0 Å². The quantitative estimate of drug-likeness (QED) is 0.724. The second-order valence-corrected chi connectivity index (χ2v) is 6.32. The van der Waals surface area contributed by atoms with Crippen molar-refractivity contribution in [3.05, 3.63) is 108 Å². The molecule has 3 aromatic carbocycles. The first-order valence-corrected chi connectivity index (χ1v) is 8.28. The SMILES string of the molecule is N[C@H](c1ccccc1)C(O)(Cc1ccccc1)Cc1ccccc1. The fourth-order valence-corrected chi connectivity index (χ4v) is 3.15. The van der Waals surface area contributed by atoms with Crippen LogP contribution in [0.4, 0.5) is 0 Å². The van der Waals surface area contributed by atoms with E-state index in [4.69, 9.17) is 5.73 Å². The average Bonchev–Trinajstić information content (AvgIpc) is 2.63. The molecule has 122 valence electrons. The van der Waals surface area contributed by atoms with Gasteiger partial charge >= 0.3 is 0 Å². The molecular formula is C22H23NO. The van der Waals surface area contributed by atoms with Crippen LogP contribution < -0.4 is 5.73 Å². The Hall–Kier alpha value is -2.42. The first-order valence-electron chi connectivity index (χ1n) is 8.28. The summed E-state index contributed by atoms with van der Waals surface area (Å²) in [6.07, 6.45) is 1.03. The first-order chi connectivity index (χ1) is 11.7. The van der Waals surface area contributed by atoms with Gasteiger partial charge in [-0.15, -0.1) is 0 Å². The molecule has 0 aliphatic rings.